The zero-order valence-corrected chi connectivity index (χ0v) is 18.7. The molecular weight excluding hydrogens is 446 g/mol. The van der Waals surface area contributed by atoms with Crippen LogP contribution in [0.4, 0.5) is 11.4 Å². The van der Waals surface area contributed by atoms with Gasteiger partial charge >= 0.3 is 0 Å². The van der Waals surface area contributed by atoms with Crippen LogP contribution in [0.1, 0.15) is 22.6 Å². The molecule has 9 nitrogen and oxygen atoms in total. The van der Waals surface area contributed by atoms with E-state index in [4.69, 9.17) is 16.3 Å². The molecule has 2 aliphatic heterocycles. The van der Waals surface area contributed by atoms with Crippen molar-refractivity contribution in [1.29, 1.82) is 0 Å². The smallest absolute Gasteiger partial charge is 0.287 e. The molecule has 10 heteroatoms. The molecule has 0 spiro atoms. The van der Waals surface area contributed by atoms with Crippen LogP contribution in [-0.4, -0.2) is 60.0 Å². The van der Waals surface area contributed by atoms with E-state index in [1.54, 1.807) is 28.0 Å². The number of aryl methyl sites for hydroxylation is 1. The normalized spacial score (nSPS) is 18.9. The first kappa shape index (κ1) is 21.4. The molecule has 2 saturated heterocycles. The van der Waals surface area contributed by atoms with Crippen LogP contribution in [0.2, 0.25) is 5.02 Å². The number of amides is 3. The largest absolute Gasteiger partial charge is 0.370 e. The second-order valence-corrected chi connectivity index (χ2v) is 8.63. The fourth-order valence-electron chi connectivity index (χ4n) is 4.28. The number of ether oxygens (including phenoxy) is 1. The van der Waals surface area contributed by atoms with E-state index >= 15 is 0 Å². The molecule has 33 heavy (non-hydrogen) atoms. The first-order valence-electron chi connectivity index (χ1n) is 10.6. The van der Waals surface area contributed by atoms with Gasteiger partial charge in [0.15, 0.2) is 5.82 Å². The van der Waals surface area contributed by atoms with Gasteiger partial charge in [-0.2, -0.15) is 0 Å². The minimum absolute atomic E-state index is 0.0749. The number of aromatic nitrogens is 2. The van der Waals surface area contributed by atoms with Crippen molar-refractivity contribution in [3.63, 3.8) is 0 Å². The summed E-state index contributed by atoms with van der Waals surface area (Å²) in [6.07, 6.45) is 0.195. The van der Waals surface area contributed by atoms with E-state index in [9.17, 15) is 14.4 Å². The highest BCUT2D eigenvalue weighted by molar-refractivity contribution is 6.31. The van der Waals surface area contributed by atoms with Crippen LogP contribution in [0, 0.1) is 6.92 Å². The number of aromatic amines is 1. The number of rotatable bonds is 4. The summed E-state index contributed by atoms with van der Waals surface area (Å²) in [7, 11) is 0. The minimum Gasteiger partial charge on any atom is -0.370 e. The molecule has 3 aromatic rings. The third-order valence-electron chi connectivity index (χ3n) is 5.89. The highest BCUT2D eigenvalue weighted by Gasteiger charge is 2.33. The summed E-state index contributed by atoms with van der Waals surface area (Å²) in [6.45, 7) is 3.34. The minimum atomic E-state index is -0.376. The van der Waals surface area contributed by atoms with Crippen LogP contribution >= 0.6 is 11.6 Å². The molecule has 1 atom stereocenters. The molecule has 2 fully saturated rings. The van der Waals surface area contributed by atoms with E-state index in [2.05, 4.69) is 15.3 Å². The number of nitrogens with zero attached hydrogens (tertiary/aromatic N) is 3. The maximum absolute atomic E-state index is 12.7. The average Bonchev–Trinajstić information content (AvgIpc) is 3.37. The van der Waals surface area contributed by atoms with Gasteiger partial charge in [0, 0.05) is 35.9 Å². The molecular formula is C23H22ClN5O4. The van der Waals surface area contributed by atoms with Crippen LogP contribution in [-0.2, 0) is 14.3 Å². The van der Waals surface area contributed by atoms with Crippen molar-refractivity contribution in [3.8, 4) is 0 Å². The Balaban J connectivity index is 1.28. The zero-order chi connectivity index (χ0) is 23.1. The second kappa shape index (κ2) is 8.49. The lowest BCUT2D eigenvalue weighted by Gasteiger charge is -2.29. The monoisotopic (exact) mass is 467 g/mol. The third-order valence-corrected chi connectivity index (χ3v) is 6.12. The Morgan fingerprint density at radius 2 is 2.03 bits per heavy atom. The van der Waals surface area contributed by atoms with E-state index in [1.807, 2.05) is 25.1 Å². The Bertz CT molecular complexity index is 1270. The predicted octanol–water partition coefficient (Wildman–Crippen LogP) is 2.42. The SMILES string of the molecule is Cc1cc(N2C[C@H](NC(=O)c3nc4cc(Cl)ccc4[nH]3)CC2=O)ccc1N1CCOCC1=O. The number of halogens is 1. The Hall–Kier alpha value is -3.43. The number of hydrogen-bond acceptors (Lipinski definition) is 5. The van der Waals surface area contributed by atoms with Gasteiger partial charge in [0.1, 0.15) is 6.61 Å². The first-order valence-corrected chi connectivity index (χ1v) is 11.0. The predicted molar refractivity (Wildman–Crippen MR) is 124 cm³/mol. The molecule has 1 aromatic heterocycles. The lowest BCUT2D eigenvalue weighted by Crippen LogP contribution is -2.42. The number of imidazole rings is 1. The van der Waals surface area contributed by atoms with E-state index in [-0.39, 0.29) is 42.6 Å². The number of morpholine rings is 1. The number of H-pyrrole nitrogens is 1. The number of carbonyl (C=O) groups is 3. The Kier molecular flexibility index (Phi) is 5.51. The summed E-state index contributed by atoms with van der Waals surface area (Å²) in [6, 6.07) is 10.4. The third kappa shape index (κ3) is 4.17. The molecule has 3 heterocycles. The summed E-state index contributed by atoms with van der Waals surface area (Å²) in [5.41, 5.74) is 3.75. The summed E-state index contributed by atoms with van der Waals surface area (Å²) in [5, 5.41) is 3.43. The zero-order valence-electron chi connectivity index (χ0n) is 17.9. The molecule has 0 bridgehead atoms. The van der Waals surface area contributed by atoms with Crippen molar-refractivity contribution in [3.05, 3.63) is 52.8 Å². The van der Waals surface area contributed by atoms with Gasteiger partial charge in [-0.25, -0.2) is 4.98 Å². The van der Waals surface area contributed by atoms with Crippen LogP contribution in [0.25, 0.3) is 11.0 Å². The number of benzene rings is 2. The van der Waals surface area contributed by atoms with Gasteiger partial charge in [0.05, 0.1) is 23.7 Å². The number of anilines is 2. The van der Waals surface area contributed by atoms with Gasteiger partial charge in [-0.15, -0.1) is 0 Å². The van der Waals surface area contributed by atoms with Crippen LogP contribution < -0.4 is 15.1 Å². The van der Waals surface area contributed by atoms with Crippen LogP contribution in [0.15, 0.2) is 36.4 Å². The van der Waals surface area contributed by atoms with Gasteiger partial charge in [0.2, 0.25) is 5.91 Å². The van der Waals surface area contributed by atoms with Crippen molar-refractivity contribution < 1.29 is 19.1 Å². The van der Waals surface area contributed by atoms with Crippen molar-refractivity contribution in [2.24, 2.45) is 0 Å². The summed E-state index contributed by atoms with van der Waals surface area (Å²) in [4.78, 5) is 48.2. The maximum Gasteiger partial charge on any atom is 0.287 e. The van der Waals surface area contributed by atoms with Crippen molar-refractivity contribution in [1.82, 2.24) is 15.3 Å². The van der Waals surface area contributed by atoms with E-state index in [0.717, 1.165) is 16.9 Å². The Labute approximate surface area is 194 Å². The lowest BCUT2D eigenvalue weighted by molar-refractivity contribution is -0.125. The molecule has 0 unspecified atom stereocenters. The molecule has 0 radical (unpaired) electrons. The van der Waals surface area contributed by atoms with Gasteiger partial charge in [-0.3, -0.25) is 14.4 Å². The topological polar surface area (TPSA) is 108 Å². The Morgan fingerprint density at radius 1 is 1.18 bits per heavy atom. The standard InChI is InChI=1S/C23H22ClN5O4/c1-13-8-16(3-5-19(13)28-6-7-33-12-21(28)31)29-11-15(10-20(29)30)25-23(32)22-26-17-4-2-14(24)9-18(17)27-22/h2-5,8-9,15H,6-7,10-12H2,1H3,(H,25,32)(H,26,27)/t15-/m1/s1. The highest BCUT2D eigenvalue weighted by Crippen LogP contribution is 2.29. The van der Waals surface area contributed by atoms with Gasteiger partial charge in [0.25, 0.3) is 11.8 Å². The highest BCUT2D eigenvalue weighted by atomic mass is 35.5. The second-order valence-electron chi connectivity index (χ2n) is 8.19. The molecule has 2 aliphatic rings. The first-order chi connectivity index (χ1) is 15.9. The quantitative estimate of drug-likeness (QED) is 0.612. The average molecular weight is 468 g/mol. The molecule has 0 aliphatic carbocycles. The molecule has 3 amide bonds. The fraction of sp³-hybridized carbons (Fsp3) is 0.304. The van der Waals surface area contributed by atoms with Crippen LogP contribution in [0.3, 0.4) is 0 Å². The van der Waals surface area contributed by atoms with E-state index in [1.165, 1.54) is 0 Å². The molecule has 2 aromatic carbocycles. The number of nitrogens with one attached hydrogen (secondary N) is 2. The van der Waals surface area contributed by atoms with Gasteiger partial charge in [-0.05, 0) is 48.9 Å². The van der Waals surface area contributed by atoms with Crippen molar-refractivity contribution >= 4 is 51.7 Å². The Morgan fingerprint density at radius 3 is 2.82 bits per heavy atom. The molecule has 170 valence electrons. The summed E-state index contributed by atoms with van der Waals surface area (Å²) >= 11 is 5.99. The molecule has 0 saturated carbocycles. The van der Waals surface area contributed by atoms with Crippen molar-refractivity contribution in [2.45, 2.75) is 19.4 Å². The van der Waals surface area contributed by atoms with Gasteiger partial charge in [-0.1, -0.05) is 11.6 Å². The van der Waals surface area contributed by atoms with Crippen molar-refractivity contribution in [2.75, 3.05) is 36.1 Å². The summed E-state index contributed by atoms with van der Waals surface area (Å²) < 4.78 is 5.20. The number of fused-ring (bicyclic) bond motifs is 1. The number of carbonyl (C=O) groups excluding carboxylic acids is 3. The summed E-state index contributed by atoms with van der Waals surface area (Å²) in [5.74, 6) is -0.357. The van der Waals surface area contributed by atoms with E-state index in [0.29, 0.717) is 35.8 Å². The number of hydrogen-bond donors (Lipinski definition) is 2. The van der Waals surface area contributed by atoms with E-state index < -0.39 is 0 Å². The molecule has 2 N–H and O–H groups in total. The van der Waals surface area contributed by atoms with Gasteiger partial charge < -0.3 is 24.8 Å². The fourth-order valence-corrected chi connectivity index (χ4v) is 4.44. The molecule has 5 rings (SSSR count). The van der Waals surface area contributed by atoms with Crippen LogP contribution in [0.5, 0.6) is 0 Å². The maximum atomic E-state index is 12.7. The lowest BCUT2D eigenvalue weighted by atomic mass is 10.1.